The molecule has 1 amide bonds. The van der Waals surface area contributed by atoms with Crippen molar-refractivity contribution in [2.24, 2.45) is 0 Å². The average molecular weight is 433 g/mol. The Morgan fingerprint density at radius 1 is 1.00 bits per heavy atom. The Morgan fingerprint density at radius 2 is 1.61 bits per heavy atom. The lowest BCUT2D eigenvalue weighted by molar-refractivity contribution is -0.141. The zero-order valence-corrected chi connectivity index (χ0v) is 16.5. The molecule has 1 aromatic carbocycles. The molecule has 0 radical (unpaired) electrons. The van der Waals surface area contributed by atoms with Gasteiger partial charge in [0.25, 0.3) is 0 Å². The van der Waals surface area contributed by atoms with Crippen LogP contribution in [0, 0.1) is 6.92 Å². The Morgan fingerprint density at radius 3 is 2.19 bits per heavy atom. The van der Waals surface area contributed by atoms with E-state index in [-0.39, 0.29) is 44.4 Å². The van der Waals surface area contributed by atoms with E-state index >= 15 is 0 Å². The summed E-state index contributed by atoms with van der Waals surface area (Å²) >= 11 is 0. The number of carbonyl (C=O) groups is 4. The maximum Gasteiger partial charge on any atom is 0.514 e. The quantitative estimate of drug-likeness (QED) is 0.505. The van der Waals surface area contributed by atoms with Gasteiger partial charge < -0.3 is 28.4 Å². The fourth-order valence-electron chi connectivity index (χ4n) is 2.53. The van der Waals surface area contributed by atoms with E-state index in [1.165, 1.54) is 12.2 Å². The van der Waals surface area contributed by atoms with Crippen LogP contribution in [0.2, 0.25) is 0 Å². The first-order valence-electron chi connectivity index (χ1n) is 9.15. The minimum Gasteiger partial charge on any atom is -0.461 e. The highest BCUT2D eigenvalue weighted by Gasteiger charge is 2.19. The highest BCUT2D eigenvalue weighted by Crippen LogP contribution is 2.17. The van der Waals surface area contributed by atoms with E-state index in [9.17, 15) is 19.2 Å². The van der Waals surface area contributed by atoms with Gasteiger partial charge in [-0.1, -0.05) is 6.07 Å². The minimum absolute atomic E-state index is 0.00271. The highest BCUT2D eigenvalue weighted by atomic mass is 16.8. The van der Waals surface area contributed by atoms with Gasteiger partial charge in [0.15, 0.2) is 13.2 Å². The molecule has 0 atom stereocenters. The minimum atomic E-state index is -0.797. The number of anilines is 1. The molecule has 0 spiro atoms. The summed E-state index contributed by atoms with van der Waals surface area (Å²) in [4.78, 5) is 45.6. The van der Waals surface area contributed by atoms with Crippen LogP contribution in [0.15, 0.2) is 41.9 Å². The number of aryl methyl sites for hydroxylation is 1. The standard InChI is InChI=1S/C20H19NO10/c1-12-2-3-14(21-18(23)27-7-5-16-11-29-20(25)31-16)8-13(12)9-17(22)26-6-4-15-10-28-19(24)30-15/h2-5,8H,6-7,9-11H2,1H3,(H,21,23)/b15-4-,16-5-. The van der Waals surface area contributed by atoms with Gasteiger partial charge in [0.05, 0.1) is 6.42 Å². The topological polar surface area (TPSA) is 136 Å². The van der Waals surface area contributed by atoms with Crippen molar-refractivity contribution in [3.63, 3.8) is 0 Å². The number of carbonyl (C=O) groups excluding carboxylic acids is 4. The van der Waals surface area contributed by atoms with Gasteiger partial charge in [-0.15, -0.1) is 0 Å². The van der Waals surface area contributed by atoms with Crippen molar-refractivity contribution < 1.29 is 47.6 Å². The van der Waals surface area contributed by atoms with Crippen LogP contribution in [-0.2, 0) is 39.6 Å². The number of benzene rings is 1. The van der Waals surface area contributed by atoms with Gasteiger partial charge in [-0.25, -0.2) is 14.4 Å². The number of nitrogens with one attached hydrogen (secondary N) is 1. The molecule has 3 rings (SSSR count). The van der Waals surface area contributed by atoms with E-state index in [0.717, 1.165) is 5.56 Å². The van der Waals surface area contributed by atoms with E-state index in [1.807, 2.05) is 6.92 Å². The summed E-state index contributed by atoms with van der Waals surface area (Å²) in [7, 11) is 0. The molecule has 2 aliphatic rings. The number of hydrogen-bond acceptors (Lipinski definition) is 10. The third-order valence-electron chi connectivity index (χ3n) is 4.10. The molecule has 0 aromatic heterocycles. The van der Waals surface area contributed by atoms with E-state index < -0.39 is 24.4 Å². The average Bonchev–Trinajstić information content (AvgIpc) is 3.32. The molecule has 0 unspecified atom stereocenters. The third-order valence-corrected chi connectivity index (χ3v) is 4.10. The fourth-order valence-corrected chi connectivity index (χ4v) is 2.53. The Labute approximate surface area is 176 Å². The summed E-state index contributed by atoms with van der Waals surface area (Å²) < 4.78 is 28.7. The summed E-state index contributed by atoms with van der Waals surface area (Å²) in [5, 5.41) is 2.55. The summed E-state index contributed by atoms with van der Waals surface area (Å²) in [6.45, 7) is 1.65. The normalized spacial score (nSPS) is 17.6. The van der Waals surface area contributed by atoms with Crippen LogP contribution >= 0.6 is 0 Å². The van der Waals surface area contributed by atoms with Crippen LogP contribution in [0.25, 0.3) is 0 Å². The van der Waals surface area contributed by atoms with Gasteiger partial charge in [0.1, 0.15) is 24.7 Å². The molecule has 0 saturated carbocycles. The molecule has 164 valence electrons. The van der Waals surface area contributed by atoms with Gasteiger partial charge in [-0.3, -0.25) is 10.1 Å². The number of rotatable bonds is 7. The molecule has 11 heteroatoms. The predicted octanol–water partition coefficient (Wildman–Crippen LogP) is 2.73. The Hall–Kier alpha value is -4.02. The number of esters is 1. The molecule has 1 aromatic rings. The first-order valence-corrected chi connectivity index (χ1v) is 9.15. The van der Waals surface area contributed by atoms with Crippen LogP contribution in [-0.4, -0.2) is 50.8 Å². The monoisotopic (exact) mass is 433 g/mol. The predicted molar refractivity (Wildman–Crippen MR) is 102 cm³/mol. The van der Waals surface area contributed by atoms with Crippen molar-refractivity contribution in [1.82, 2.24) is 0 Å². The number of cyclic esters (lactones) is 4. The number of ether oxygens (including phenoxy) is 6. The van der Waals surface area contributed by atoms with Crippen LogP contribution in [0.5, 0.6) is 0 Å². The Bertz CT molecular complexity index is 949. The second-order valence-electron chi connectivity index (χ2n) is 6.35. The smallest absolute Gasteiger partial charge is 0.461 e. The number of hydrogen-bond donors (Lipinski definition) is 1. The molecule has 1 N–H and O–H groups in total. The maximum atomic E-state index is 12.1. The molecule has 2 fully saturated rings. The van der Waals surface area contributed by atoms with Crippen molar-refractivity contribution >= 4 is 30.1 Å². The lowest BCUT2D eigenvalue weighted by Gasteiger charge is -2.10. The van der Waals surface area contributed by atoms with Gasteiger partial charge in [0.2, 0.25) is 0 Å². The van der Waals surface area contributed by atoms with E-state index in [2.05, 4.69) is 14.8 Å². The van der Waals surface area contributed by atoms with Crippen molar-refractivity contribution in [2.75, 3.05) is 31.7 Å². The first kappa shape index (κ1) is 21.7. The molecular formula is C20H19NO10. The molecule has 2 aliphatic heterocycles. The highest BCUT2D eigenvalue weighted by molar-refractivity contribution is 5.85. The fraction of sp³-hybridized carbons (Fsp3) is 0.300. The van der Waals surface area contributed by atoms with Gasteiger partial charge >= 0.3 is 24.4 Å². The molecule has 11 nitrogen and oxygen atoms in total. The zero-order valence-electron chi connectivity index (χ0n) is 16.5. The van der Waals surface area contributed by atoms with Crippen LogP contribution in [0.4, 0.5) is 20.1 Å². The maximum absolute atomic E-state index is 12.1. The SMILES string of the molecule is Cc1ccc(NC(=O)OC/C=C2/COC(=O)O2)cc1CC(=O)OC/C=C1/COC(=O)O1. The van der Waals surface area contributed by atoms with Crippen LogP contribution in [0.1, 0.15) is 11.1 Å². The number of amides is 1. The lowest BCUT2D eigenvalue weighted by Crippen LogP contribution is -2.15. The van der Waals surface area contributed by atoms with Gasteiger partial charge in [-0.05, 0) is 42.3 Å². The molecule has 31 heavy (non-hydrogen) atoms. The molecule has 2 saturated heterocycles. The summed E-state index contributed by atoms with van der Waals surface area (Å²) in [6, 6.07) is 5.04. The zero-order chi connectivity index (χ0) is 22.2. The molecule has 0 aliphatic carbocycles. The molecule has 2 heterocycles. The van der Waals surface area contributed by atoms with Gasteiger partial charge in [-0.2, -0.15) is 0 Å². The van der Waals surface area contributed by atoms with Crippen LogP contribution < -0.4 is 5.32 Å². The van der Waals surface area contributed by atoms with Crippen LogP contribution in [0.3, 0.4) is 0 Å². The molecular weight excluding hydrogens is 414 g/mol. The second kappa shape index (κ2) is 10.1. The van der Waals surface area contributed by atoms with Crippen molar-refractivity contribution in [1.29, 1.82) is 0 Å². The van der Waals surface area contributed by atoms with E-state index in [1.54, 1.807) is 18.2 Å². The Balaban J connectivity index is 1.46. The second-order valence-corrected chi connectivity index (χ2v) is 6.35. The lowest BCUT2D eigenvalue weighted by atomic mass is 10.0. The van der Waals surface area contributed by atoms with E-state index in [4.69, 9.17) is 18.9 Å². The van der Waals surface area contributed by atoms with Crippen molar-refractivity contribution in [3.8, 4) is 0 Å². The van der Waals surface area contributed by atoms with Gasteiger partial charge in [0, 0.05) is 5.69 Å². The van der Waals surface area contributed by atoms with E-state index in [0.29, 0.717) is 11.3 Å². The van der Waals surface area contributed by atoms with Crippen molar-refractivity contribution in [2.45, 2.75) is 13.3 Å². The molecule has 0 bridgehead atoms. The first-order chi connectivity index (χ1) is 14.9. The Kier molecular flexibility index (Phi) is 7.09. The summed E-state index contributed by atoms with van der Waals surface area (Å²) in [6.07, 6.45) is 0.525. The van der Waals surface area contributed by atoms with Crippen molar-refractivity contribution in [3.05, 3.63) is 53.0 Å². The largest absolute Gasteiger partial charge is 0.514 e. The third kappa shape index (κ3) is 6.77. The summed E-state index contributed by atoms with van der Waals surface area (Å²) in [5.74, 6) is 0.0565. The summed E-state index contributed by atoms with van der Waals surface area (Å²) in [5.41, 5.74) is 1.92.